The fourth-order valence-corrected chi connectivity index (χ4v) is 2.78. The first kappa shape index (κ1) is 11.7. The summed E-state index contributed by atoms with van der Waals surface area (Å²) in [5, 5.41) is 0.836. The molecular formula is C13H19ClN2. The molecule has 0 unspecified atom stereocenters. The summed E-state index contributed by atoms with van der Waals surface area (Å²) in [6.07, 6.45) is 5.20. The van der Waals surface area contributed by atoms with Crippen LogP contribution in [0.3, 0.4) is 0 Å². The van der Waals surface area contributed by atoms with Crippen LogP contribution in [0.25, 0.3) is 0 Å². The number of hydrogen-bond acceptors (Lipinski definition) is 2. The standard InChI is InChI=1S/C13H19ClN2/c14-12-7-3-4-8-13(12)16(10-9-15)11-5-1-2-6-11/h3-4,7-8,11H,1-2,5-6,9-10,15H2. The minimum atomic E-state index is 0.628. The molecule has 3 heteroatoms. The van der Waals surface area contributed by atoms with Crippen molar-refractivity contribution < 1.29 is 0 Å². The average Bonchev–Trinajstić information content (AvgIpc) is 2.80. The summed E-state index contributed by atoms with van der Waals surface area (Å²) >= 11 is 6.25. The van der Waals surface area contributed by atoms with Crippen LogP contribution in [0.1, 0.15) is 25.7 Å². The van der Waals surface area contributed by atoms with Crippen molar-refractivity contribution in [2.45, 2.75) is 31.7 Å². The molecule has 2 rings (SSSR count). The summed E-state index contributed by atoms with van der Waals surface area (Å²) in [5.74, 6) is 0. The van der Waals surface area contributed by atoms with Gasteiger partial charge < -0.3 is 10.6 Å². The van der Waals surface area contributed by atoms with E-state index in [9.17, 15) is 0 Å². The predicted molar refractivity (Wildman–Crippen MR) is 70.1 cm³/mol. The van der Waals surface area contributed by atoms with Gasteiger partial charge in [0.1, 0.15) is 0 Å². The van der Waals surface area contributed by atoms with E-state index in [1.54, 1.807) is 0 Å². The molecule has 0 saturated heterocycles. The summed E-state index contributed by atoms with van der Waals surface area (Å²) in [5.41, 5.74) is 6.84. The van der Waals surface area contributed by atoms with Crippen molar-refractivity contribution in [3.63, 3.8) is 0 Å². The van der Waals surface area contributed by atoms with Crippen LogP contribution < -0.4 is 10.6 Å². The van der Waals surface area contributed by atoms with Gasteiger partial charge in [-0.25, -0.2) is 0 Å². The van der Waals surface area contributed by atoms with Gasteiger partial charge in [0.15, 0.2) is 0 Å². The number of nitrogens with two attached hydrogens (primary N) is 1. The molecule has 0 heterocycles. The van der Waals surface area contributed by atoms with Crippen LogP contribution in [-0.2, 0) is 0 Å². The smallest absolute Gasteiger partial charge is 0.0639 e. The molecule has 1 aliphatic carbocycles. The lowest BCUT2D eigenvalue weighted by Crippen LogP contribution is -2.37. The predicted octanol–water partition coefficient (Wildman–Crippen LogP) is 3.05. The minimum absolute atomic E-state index is 0.628. The van der Waals surface area contributed by atoms with Crippen molar-refractivity contribution in [1.82, 2.24) is 0 Å². The van der Waals surface area contributed by atoms with Crippen LogP contribution in [0.5, 0.6) is 0 Å². The van der Waals surface area contributed by atoms with E-state index in [0.717, 1.165) is 17.3 Å². The van der Waals surface area contributed by atoms with Gasteiger partial charge in [-0.05, 0) is 25.0 Å². The maximum absolute atomic E-state index is 6.25. The van der Waals surface area contributed by atoms with E-state index in [4.69, 9.17) is 17.3 Å². The van der Waals surface area contributed by atoms with Gasteiger partial charge in [-0.15, -0.1) is 0 Å². The van der Waals surface area contributed by atoms with Crippen molar-refractivity contribution in [2.24, 2.45) is 5.73 Å². The van der Waals surface area contributed by atoms with Gasteiger partial charge in [-0.3, -0.25) is 0 Å². The summed E-state index contributed by atoms with van der Waals surface area (Å²) in [4.78, 5) is 2.38. The minimum Gasteiger partial charge on any atom is -0.366 e. The SMILES string of the molecule is NCCN(c1ccccc1Cl)C1CCCC1. The molecule has 16 heavy (non-hydrogen) atoms. The lowest BCUT2D eigenvalue weighted by molar-refractivity contribution is 0.609. The van der Waals surface area contributed by atoms with Crippen LogP contribution in [0.4, 0.5) is 5.69 Å². The molecule has 1 aromatic carbocycles. The first-order chi connectivity index (χ1) is 7.83. The Morgan fingerprint density at radius 1 is 1.25 bits per heavy atom. The van der Waals surface area contributed by atoms with Crippen LogP contribution in [0, 0.1) is 0 Å². The van der Waals surface area contributed by atoms with E-state index in [2.05, 4.69) is 11.0 Å². The number of benzene rings is 1. The largest absolute Gasteiger partial charge is 0.366 e. The highest BCUT2D eigenvalue weighted by atomic mass is 35.5. The zero-order valence-corrected chi connectivity index (χ0v) is 10.3. The van der Waals surface area contributed by atoms with Crippen LogP contribution in [0.2, 0.25) is 5.02 Å². The molecule has 0 radical (unpaired) electrons. The third-order valence-corrected chi connectivity index (χ3v) is 3.62. The van der Waals surface area contributed by atoms with Crippen molar-refractivity contribution >= 4 is 17.3 Å². The fourth-order valence-electron chi connectivity index (χ4n) is 2.54. The average molecular weight is 239 g/mol. The first-order valence-electron chi connectivity index (χ1n) is 6.04. The van der Waals surface area contributed by atoms with Crippen LogP contribution >= 0.6 is 11.6 Å². The number of rotatable bonds is 4. The highest BCUT2D eigenvalue weighted by Gasteiger charge is 2.23. The number of halogens is 1. The van der Waals surface area contributed by atoms with Gasteiger partial charge in [-0.2, -0.15) is 0 Å². The second kappa shape index (κ2) is 5.55. The summed E-state index contributed by atoms with van der Waals surface area (Å²) in [6.45, 7) is 1.58. The zero-order chi connectivity index (χ0) is 11.4. The van der Waals surface area contributed by atoms with Gasteiger partial charge in [0.25, 0.3) is 0 Å². The van der Waals surface area contributed by atoms with E-state index in [1.165, 1.54) is 25.7 Å². The zero-order valence-electron chi connectivity index (χ0n) is 9.53. The molecule has 0 atom stereocenters. The highest BCUT2D eigenvalue weighted by molar-refractivity contribution is 6.33. The van der Waals surface area contributed by atoms with E-state index in [0.29, 0.717) is 12.6 Å². The Kier molecular flexibility index (Phi) is 4.08. The van der Waals surface area contributed by atoms with E-state index < -0.39 is 0 Å². The third kappa shape index (κ3) is 2.50. The summed E-state index contributed by atoms with van der Waals surface area (Å²) in [7, 11) is 0. The monoisotopic (exact) mass is 238 g/mol. The molecule has 1 fully saturated rings. The fraction of sp³-hybridized carbons (Fsp3) is 0.538. The van der Waals surface area contributed by atoms with Gasteiger partial charge in [0.2, 0.25) is 0 Å². The molecule has 2 N–H and O–H groups in total. The Balaban J connectivity index is 2.21. The summed E-state index contributed by atoms with van der Waals surface area (Å²) in [6, 6.07) is 8.69. The third-order valence-electron chi connectivity index (χ3n) is 3.30. The van der Waals surface area contributed by atoms with Gasteiger partial charge >= 0.3 is 0 Å². The van der Waals surface area contributed by atoms with Gasteiger partial charge in [-0.1, -0.05) is 36.6 Å². The Bertz CT molecular complexity index is 334. The molecule has 0 aromatic heterocycles. The Labute approximate surface area is 102 Å². The maximum atomic E-state index is 6.25. The molecule has 0 spiro atoms. The molecule has 88 valence electrons. The van der Waals surface area contributed by atoms with Crippen LogP contribution in [0.15, 0.2) is 24.3 Å². The molecule has 0 aliphatic heterocycles. The number of nitrogens with zero attached hydrogens (tertiary/aromatic N) is 1. The second-order valence-electron chi connectivity index (χ2n) is 4.37. The normalized spacial score (nSPS) is 16.6. The number of anilines is 1. The van der Waals surface area contributed by atoms with Crippen molar-refractivity contribution in [2.75, 3.05) is 18.0 Å². The Hall–Kier alpha value is -0.730. The van der Waals surface area contributed by atoms with E-state index >= 15 is 0 Å². The maximum Gasteiger partial charge on any atom is 0.0639 e. The lowest BCUT2D eigenvalue weighted by atomic mass is 10.1. The molecule has 0 bridgehead atoms. The van der Waals surface area contributed by atoms with Gasteiger partial charge in [0, 0.05) is 19.1 Å². The first-order valence-corrected chi connectivity index (χ1v) is 6.42. The molecule has 1 saturated carbocycles. The quantitative estimate of drug-likeness (QED) is 0.874. The lowest BCUT2D eigenvalue weighted by Gasteiger charge is -2.31. The van der Waals surface area contributed by atoms with Crippen molar-refractivity contribution in [1.29, 1.82) is 0 Å². The Morgan fingerprint density at radius 3 is 2.56 bits per heavy atom. The van der Waals surface area contributed by atoms with Gasteiger partial charge in [0.05, 0.1) is 10.7 Å². The van der Waals surface area contributed by atoms with E-state index in [-0.39, 0.29) is 0 Å². The highest BCUT2D eigenvalue weighted by Crippen LogP contribution is 2.32. The number of para-hydroxylation sites is 1. The molecular weight excluding hydrogens is 220 g/mol. The summed E-state index contributed by atoms with van der Waals surface area (Å²) < 4.78 is 0. The van der Waals surface area contributed by atoms with Crippen molar-refractivity contribution in [3.8, 4) is 0 Å². The molecule has 1 aromatic rings. The van der Waals surface area contributed by atoms with Crippen LogP contribution in [-0.4, -0.2) is 19.1 Å². The topological polar surface area (TPSA) is 29.3 Å². The molecule has 1 aliphatic rings. The second-order valence-corrected chi connectivity index (χ2v) is 4.78. The van der Waals surface area contributed by atoms with E-state index in [1.807, 2.05) is 18.2 Å². The molecule has 0 amide bonds. The Morgan fingerprint density at radius 2 is 1.94 bits per heavy atom. The molecule has 2 nitrogen and oxygen atoms in total. The van der Waals surface area contributed by atoms with Crippen molar-refractivity contribution in [3.05, 3.63) is 29.3 Å². The number of hydrogen-bond donors (Lipinski definition) is 1.